The summed E-state index contributed by atoms with van der Waals surface area (Å²) < 4.78 is 6.07. The minimum absolute atomic E-state index is 0.387. The molecule has 0 aromatic heterocycles. The average molecular weight is 505 g/mol. The van der Waals surface area contributed by atoms with Crippen LogP contribution < -0.4 is 9.80 Å². The normalized spacial score (nSPS) is 16.1. The highest BCUT2D eigenvalue weighted by atomic mass is 16.5. The minimum atomic E-state index is 0.387. The molecule has 204 valence electrons. The summed E-state index contributed by atoms with van der Waals surface area (Å²) in [5.74, 6) is 0. The molecule has 0 bridgehead atoms. The van der Waals surface area contributed by atoms with Crippen molar-refractivity contribution in [3.05, 3.63) is 47.5 Å². The number of anilines is 2. The van der Waals surface area contributed by atoms with Crippen LogP contribution in [0.1, 0.15) is 109 Å². The third-order valence-electron chi connectivity index (χ3n) is 8.38. The molecule has 0 saturated carbocycles. The maximum Gasteiger partial charge on any atom is 0.0750 e. The lowest BCUT2D eigenvalue weighted by atomic mass is 10.0. The summed E-state index contributed by atoms with van der Waals surface area (Å²) in [7, 11) is 0. The van der Waals surface area contributed by atoms with Gasteiger partial charge in [0.15, 0.2) is 0 Å². The molecule has 1 aliphatic heterocycles. The van der Waals surface area contributed by atoms with E-state index in [1.807, 2.05) is 0 Å². The Hall–Kier alpha value is -2.00. The van der Waals surface area contributed by atoms with Crippen LogP contribution in [-0.2, 0) is 11.2 Å². The van der Waals surface area contributed by atoms with Gasteiger partial charge in [-0.2, -0.15) is 0 Å². The summed E-state index contributed by atoms with van der Waals surface area (Å²) in [6.07, 6.45) is 17.0. The first-order valence-electron chi connectivity index (χ1n) is 15.6. The highest BCUT2D eigenvalue weighted by molar-refractivity contribution is 5.82. The lowest BCUT2D eigenvalue weighted by Gasteiger charge is -2.28. The van der Waals surface area contributed by atoms with E-state index in [-0.39, 0.29) is 0 Å². The molecule has 1 saturated heterocycles. The highest BCUT2D eigenvalue weighted by Gasteiger charge is 2.23. The number of ether oxygens (including phenoxy) is 1. The van der Waals surface area contributed by atoms with E-state index in [0.29, 0.717) is 6.10 Å². The van der Waals surface area contributed by atoms with E-state index in [1.165, 1.54) is 111 Å². The van der Waals surface area contributed by atoms with Crippen molar-refractivity contribution in [2.24, 2.45) is 0 Å². The first kappa shape index (κ1) is 28.0. The van der Waals surface area contributed by atoms with E-state index in [9.17, 15) is 0 Å². The summed E-state index contributed by atoms with van der Waals surface area (Å²) in [5, 5.41) is 0. The van der Waals surface area contributed by atoms with Gasteiger partial charge in [0.25, 0.3) is 0 Å². The number of hydrogen-bond donors (Lipinski definition) is 0. The second kappa shape index (κ2) is 14.8. The van der Waals surface area contributed by atoms with Gasteiger partial charge >= 0.3 is 0 Å². The lowest BCUT2D eigenvalue weighted by Crippen LogP contribution is -2.33. The van der Waals surface area contributed by atoms with Crippen molar-refractivity contribution in [2.75, 3.05) is 42.6 Å². The molecule has 1 atom stereocenters. The minimum Gasteiger partial charge on any atom is -0.376 e. The zero-order chi connectivity index (χ0) is 25.9. The Kier molecular flexibility index (Phi) is 11.2. The van der Waals surface area contributed by atoms with Crippen molar-refractivity contribution in [3.63, 3.8) is 0 Å². The molecule has 3 heteroatoms. The van der Waals surface area contributed by atoms with Crippen molar-refractivity contribution >= 4 is 11.4 Å². The molecule has 1 heterocycles. The number of hydrogen-bond acceptors (Lipinski definition) is 3. The molecule has 1 fully saturated rings. The van der Waals surface area contributed by atoms with Gasteiger partial charge in [0.1, 0.15) is 0 Å². The molecule has 1 unspecified atom stereocenters. The first-order chi connectivity index (χ1) is 18.2. The van der Waals surface area contributed by atoms with Gasteiger partial charge in [0, 0.05) is 44.2 Å². The van der Waals surface area contributed by atoms with Gasteiger partial charge in [0.2, 0.25) is 0 Å². The predicted octanol–water partition coefficient (Wildman–Crippen LogP) is 9.01. The van der Waals surface area contributed by atoms with Gasteiger partial charge in [-0.05, 0) is 85.0 Å². The van der Waals surface area contributed by atoms with Crippen molar-refractivity contribution in [1.29, 1.82) is 0 Å². The van der Waals surface area contributed by atoms with Crippen LogP contribution in [0.5, 0.6) is 0 Å². The van der Waals surface area contributed by atoms with Crippen molar-refractivity contribution in [3.8, 4) is 11.1 Å². The van der Waals surface area contributed by atoms with Crippen LogP contribution in [0, 0.1) is 0 Å². The fourth-order valence-corrected chi connectivity index (χ4v) is 6.05. The third-order valence-corrected chi connectivity index (χ3v) is 8.38. The summed E-state index contributed by atoms with van der Waals surface area (Å²) in [6.45, 7) is 12.3. The molecule has 1 aliphatic carbocycles. The van der Waals surface area contributed by atoms with Crippen LogP contribution in [0.25, 0.3) is 11.1 Å². The Morgan fingerprint density at radius 2 is 1.24 bits per heavy atom. The quantitative estimate of drug-likeness (QED) is 0.171. The van der Waals surface area contributed by atoms with E-state index in [4.69, 9.17) is 4.74 Å². The largest absolute Gasteiger partial charge is 0.376 e. The molecule has 2 aliphatic rings. The maximum atomic E-state index is 6.07. The highest BCUT2D eigenvalue weighted by Crippen LogP contribution is 2.41. The van der Waals surface area contributed by atoms with Gasteiger partial charge in [-0.15, -0.1) is 0 Å². The van der Waals surface area contributed by atoms with Crippen LogP contribution in [-0.4, -0.2) is 38.9 Å². The van der Waals surface area contributed by atoms with Crippen LogP contribution in [0.2, 0.25) is 0 Å². The van der Waals surface area contributed by atoms with Crippen LogP contribution in [0.15, 0.2) is 36.4 Å². The van der Waals surface area contributed by atoms with Crippen molar-refractivity contribution in [1.82, 2.24) is 0 Å². The fourth-order valence-electron chi connectivity index (χ4n) is 6.05. The zero-order valence-electron chi connectivity index (χ0n) is 24.1. The standard InChI is InChI=1S/C34H52N2O/c1-4-7-10-11-12-13-22-36(27-32-15-14-23-37-32)31-19-17-29-24-28-16-18-30(25-33(28)34(29)26-31)35(20-8-5-2)21-9-6-3/h16-19,25-26,32H,4-15,20-24,27H2,1-3H3. The zero-order valence-corrected chi connectivity index (χ0v) is 24.1. The number of fused-ring (bicyclic) bond motifs is 3. The molecule has 4 rings (SSSR count). The van der Waals surface area contributed by atoms with E-state index >= 15 is 0 Å². The molecule has 0 N–H and O–H groups in total. The van der Waals surface area contributed by atoms with E-state index in [2.05, 4.69) is 67.0 Å². The molecule has 0 spiro atoms. The Morgan fingerprint density at radius 1 is 0.676 bits per heavy atom. The van der Waals surface area contributed by atoms with Gasteiger partial charge in [-0.25, -0.2) is 0 Å². The molecule has 3 nitrogen and oxygen atoms in total. The Morgan fingerprint density at radius 3 is 1.84 bits per heavy atom. The molecule has 2 aromatic carbocycles. The van der Waals surface area contributed by atoms with Gasteiger partial charge < -0.3 is 14.5 Å². The molecular weight excluding hydrogens is 452 g/mol. The molecule has 37 heavy (non-hydrogen) atoms. The van der Waals surface area contributed by atoms with Gasteiger partial charge in [-0.3, -0.25) is 0 Å². The third kappa shape index (κ3) is 7.76. The Balaban J connectivity index is 1.53. The van der Waals surface area contributed by atoms with E-state index < -0.39 is 0 Å². The predicted molar refractivity (Wildman–Crippen MR) is 161 cm³/mol. The Labute approximate surface area is 227 Å². The average Bonchev–Trinajstić information content (AvgIpc) is 3.57. The molecular formula is C34H52N2O. The summed E-state index contributed by atoms with van der Waals surface area (Å²) in [6, 6.07) is 14.6. The SMILES string of the molecule is CCCCCCCCN(CC1CCCO1)c1ccc2c(c1)-c1cc(N(CCCC)CCCC)ccc1C2. The monoisotopic (exact) mass is 504 g/mol. The topological polar surface area (TPSA) is 15.7 Å². The fraction of sp³-hybridized carbons (Fsp3) is 0.647. The summed E-state index contributed by atoms with van der Waals surface area (Å²) in [4.78, 5) is 5.25. The maximum absolute atomic E-state index is 6.07. The van der Waals surface area contributed by atoms with Crippen LogP contribution >= 0.6 is 0 Å². The second-order valence-electron chi connectivity index (χ2n) is 11.4. The molecule has 0 amide bonds. The van der Waals surface area contributed by atoms with E-state index in [0.717, 1.165) is 39.2 Å². The summed E-state index contributed by atoms with van der Waals surface area (Å²) >= 11 is 0. The van der Waals surface area contributed by atoms with Crippen molar-refractivity contribution < 1.29 is 4.74 Å². The lowest BCUT2D eigenvalue weighted by molar-refractivity contribution is 0.115. The van der Waals surface area contributed by atoms with Crippen LogP contribution in [0.3, 0.4) is 0 Å². The number of benzene rings is 2. The first-order valence-corrected chi connectivity index (χ1v) is 15.6. The second-order valence-corrected chi connectivity index (χ2v) is 11.4. The smallest absolute Gasteiger partial charge is 0.0750 e. The number of nitrogens with zero attached hydrogens (tertiary/aromatic N) is 2. The van der Waals surface area contributed by atoms with Crippen LogP contribution in [0.4, 0.5) is 11.4 Å². The summed E-state index contributed by atoms with van der Waals surface area (Å²) in [5.41, 5.74) is 8.69. The molecule has 2 aromatic rings. The Bertz CT molecular complexity index is 941. The van der Waals surface area contributed by atoms with Crippen molar-refractivity contribution in [2.45, 2.75) is 110 Å². The molecule has 0 radical (unpaired) electrons. The van der Waals surface area contributed by atoms with E-state index in [1.54, 1.807) is 0 Å². The number of unbranched alkanes of at least 4 members (excludes halogenated alkanes) is 7. The number of rotatable bonds is 17. The van der Waals surface area contributed by atoms with Gasteiger partial charge in [-0.1, -0.05) is 77.8 Å². The van der Waals surface area contributed by atoms with Gasteiger partial charge in [0.05, 0.1) is 6.10 Å².